The normalized spacial score (nSPS) is 21.5. The number of nitrogens with one attached hydrogen (secondary N) is 1. The first kappa shape index (κ1) is 16.2. The maximum Gasteiger partial charge on any atom is 0.287 e. The highest BCUT2D eigenvalue weighted by Crippen LogP contribution is 2.28. The second-order valence-electron chi connectivity index (χ2n) is 6.41. The van der Waals surface area contributed by atoms with Crippen molar-refractivity contribution >= 4 is 17.3 Å². The van der Waals surface area contributed by atoms with E-state index in [1.165, 1.54) is 31.4 Å². The lowest BCUT2D eigenvalue weighted by Gasteiger charge is -2.31. The molecule has 3 rings (SSSR count). The van der Waals surface area contributed by atoms with Gasteiger partial charge < -0.3 is 10.2 Å². The van der Waals surface area contributed by atoms with Gasteiger partial charge in [-0.25, -0.2) is 0 Å². The van der Waals surface area contributed by atoms with Gasteiger partial charge >= 0.3 is 0 Å². The van der Waals surface area contributed by atoms with Gasteiger partial charge in [0.1, 0.15) is 17.7 Å². The van der Waals surface area contributed by atoms with E-state index < -0.39 is 4.92 Å². The summed E-state index contributed by atoms with van der Waals surface area (Å²) in [6.45, 7) is 0.749. The molecule has 1 saturated carbocycles. The van der Waals surface area contributed by atoms with Gasteiger partial charge in [0.15, 0.2) is 0 Å². The monoisotopic (exact) mass is 328 g/mol. The Morgan fingerprint density at radius 1 is 1.25 bits per heavy atom. The van der Waals surface area contributed by atoms with Crippen molar-refractivity contribution in [2.45, 2.75) is 50.6 Å². The van der Waals surface area contributed by atoms with E-state index in [1.807, 2.05) is 11.0 Å². The third-order valence-corrected chi connectivity index (χ3v) is 4.91. The van der Waals surface area contributed by atoms with Crippen molar-refractivity contribution in [1.82, 2.24) is 4.90 Å². The van der Waals surface area contributed by atoms with Gasteiger partial charge in [-0.2, -0.15) is 5.26 Å². The van der Waals surface area contributed by atoms with Crippen LogP contribution in [-0.4, -0.2) is 34.4 Å². The van der Waals surface area contributed by atoms with Gasteiger partial charge in [0.05, 0.1) is 4.92 Å². The van der Waals surface area contributed by atoms with Crippen molar-refractivity contribution in [3.8, 4) is 6.07 Å². The first-order valence-corrected chi connectivity index (χ1v) is 8.35. The Kier molecular flexibility index (Phi) is 4.65. The molecule has 7 nitrogen and oxygen atoms in total. The zero-order valence-corrected chi connectivity index (χ0v) is 13.4. The number of carbonyl (C=O) groups excluding carboxylic acids is 1. The summed E-state index contributed by atoms with van der Waals surface area (Å²) in [6, 6.07) is 6.16. The number of anilines is 1. The third kappa shape index (κ3) is 3.18. The lowest BCUT2D eigenvalue weighted by atomic mass is 9.94. The molecule has 1 atom stereocenters. The third-order valence-electron chi connectivity index (χ3n) is 4.91. The van der Waals surface area contributed by atoms with Crippen molar-refractivity contribution in [2.75, 3.05) is 11.9 Å². The van der Waals surface area contributed by atoms with E-state index >= 15 is 0 Å². The highest BCUT2D eigenvalue weighted by Gasteiger charge is 2.36. The molecule has 1 aromatic rings. The molecular weight excluding hydrogens is 308 g/mol. The summed E-state index contributed by atoms with van der Waals surface area (Å²) in [4.78, 5) is 24.9. The summed E-state index contributed by atoms with van der Waals surface area (Å²) in [5.74, 6) is 0.0961. The molecule has 1 amide bonds. The zero-order valence-electron chi connectivity index (χ0n) is 13.4. The maximum absolute atomic E-state index is 12.6. The van der Waals surface area contributed by atoms with Crippen LogP contribution in [0, 0.1) is 21.4 Å². The number of rotatable bonds is 4. The second kappa shape index (κ2) is 6.87. The molecule has 1 aliphatic carbocycles. The Labute approximate surface area is 140 Å². The van der Waals surface area contributed by atoms with Crippen LogP contribution in [-0.2, 0) is 4.79 Å². The number of nitro benzene ring substituents is 1. The van der Waals surface area contributed by atoms with Gasteiger partial charge in [0.2, 0.25) is 5.91 Å². The van der Waals surface area contributed by atoms with E-state index in [0.717, 1.165) is 19.4 Å². The Morgan fingerprint density at radius 3 is 2.67 bits per heavy atom. The number of nitriles is 1. The van der Waals surface area contributed by atoms with Crippen molar-refractivity contribution in [2.24, 2.45) is 0 Å². The zero-order chi connectivity index (χ0) is 17.1. The molecule has 0 spiro atoms. The first-order valence-electron chi connectivity index (χ1n) is 8.35. The number of likely N-dealkylation sites (tertiary alicyclic amines) is 1. The van der Waals surface area contributed by atoms with Crippen molar-refractivity contribution < 1.29 is 9.72 Å². The molecule has 126 valence electrons. The second-order valence-corrected chi connectivity index (χ2v) is 6.41. The molecule has 1 saturated heterocycles. The average Bonchev–Trinajstić information content (AvgIpc) is 2.96. The number of carbonyl (C=O) groups is 1. The standard InChI is InChI=1S/C17H20N4O3/c18-11-12-10-13(6-7-16(12)21(23)24)19-15-8-9-20(17(15)22)14-4-2-1-3-5-14/h6-7,10,14-15,19H,1-5,8-9H2. The van der Waals surface area contributed by atoms with Gasteiger partial charge in [-0.3, -0.25) is 14.9 Å². The van der Waals surface area contributed by atoms with Crippen LogP contribution in [0.3, 0.4) is 0 Å². The van der Waals surface area contributed by atoms with Crippen LogP contribution in [0.1, 0.15) is 44.1 Å². The largest absolute Gasteiger partial charge is 0.374 e. The topological polar surface area (TPSA) is 99.3 Å². The Balaban J connectivity index is 1.69. The molecule has 0 aromatic heterocycles. The Bertz CT molecular complexity index is 692. The number of benzene rings is 1. The molecule has 7 heteroatoms. The first-order chi connectivity index (χ1) is 11.6. The predicted octanol–water partition coefficient (Wildman–Crippen LogP) is 2.81. The molecule has 1 heterocycles. The molecule has 0 radical (unpaired) electrons. The summed E-state index contributed by atoms with van der Waals surface area (Å²) in [6.07, 6.45) is 6.48. The molecule has 1 N–H and O–H groups in total. The smallest absolute Gasteiger partial charge is 0.287 e. The van der Waals surface area contributed by atoms with Crippen LogP contribution in [0.5, 0.6) is 0 Å². The van der Waals surface area contributed by atoms with Gasteiger partial charge in [0, 0.05) is 24.3 Å². The summed E-state index contributed by atoms with van der Waals surface area (Å²) >= 11 is 0. The predicted molar refractivity (Wildman–Crippen MR) is 88.4 cm³/mol. The number of hydrogen-bond donors (Lipinski definition) is 1. The van der Waals surface area contributed by atoms with Gasteiger partial charge in [-0.05, 0) is 31.4 Å². The van der Waals surface area contributed by atoms with Gasteiger partial charge in [-0.1, -0.05) is 19.3 Å². The summed E-state index contributed by atoms with van der Waals surface area (Å²) in [7, 11) is 0. The van der Waals surface area contributed by atoms with Gasteiger partial charge in [-0.15, -0.1) is 0 Å². The van der Waals surface area contributed by atoms with Crippen molar-refractivity contribution in [3.05, 3.63) is 33.9 Å². The van der Waals surface area contributed by atoms with E-state index in [4.69, 9.17) is 5.26 Å². The fourth-order valence-electron chi connectivity index (χ4n) is 3.67. The van der Waals surface area contributed by atoms with Crippen LogP contribution in [0.25, 0.3) is 0 Å². The minimum atomic E-state index is -0.576. The molecule has 2 aliphatic rings. The molecular formula is C17H20N4O3. The number of hydrogen-bond acceptors (Lipinski definition) is 5. The lowest BCUT2D eigenvalue weighted by Crippen LogP contribution is -2.41. The van der Waals surface area contributed by atoms with E-state index in [2.05, 4.69) is 5.32 Å². The minimum Gasteiger partial charge on any atom is -0.374 e. The van der Waals surface area contributed by atoms with Crippen molar-refractivity contribution in [3.63, 3.8) is 0 Å². The van der Waals surface area contributed by atoms with Crippen LogP contribution < -0.4 is 5.32 Å². The summed E-state index contributed by atoms with van der Waals surface area (Å²) in [5.41, 5.74) is 0.352. The molecule has 0 bridgehead atoms. The number of amides is 1. The maximum atomic E-state index is 12.6. The highest BCUT2D eigenvalue weighted by atomic mass is 16.6. The molecule has 1 aliphatic heterocycles. The quantitative estimate of drug-likeness (QED) is 0.677. The van der Waals surface area contributed by atoms with E-state index in [9.17, 15) is 14.9 Å². The molecule has 2 fully saturated rings. The number of nitro groups is 1. The van der Waals surface area contributed by atoms with Gasteiger partial charge in [0.25, 0.3) is 5.69 Å². The van der Waals surface area contributed by atoms with Crippen molar-refractivity contribution in [1.29, 1.82) is 5.26 Å². The summed E-state index contributed by atoms with van der Waals surface area (Å²) in [5, 5.41) is 23.1. The SMILES string of the molecule is N#Cc1cc(NC2CCN(C3CCCCC3)C2=O)ccc1[N+](=O)[O-]. The lowest BCUT2D eigenvalue weighted by molar-refractivity contribution is -0.385. The Hall–Kier alpha value is -2.62. The van der Waals surface area contributed by atoms with Crippen LogP contribution in [0.4, 0.5) is 11.4 Å². The average molecular weight is 328 g/mol. The summed E-state index contributed by atoms with van der Waals surface area (Å²) < 4.78 is 0. The molecule has 1 aromatic carbocycles. The minimum absolute atomic E-state index is 0.000387. The van der Waals surface area contributed by atoms with E-state index in [1.54, 1.807) is 6.07 Å². The molecule has 1 unspecified atom stereocenters. The van der Waals surface area contributed by atoms with Crippen LogP contribution in [0.2, 0.25) is 0 Å². The number of nitrogens with zero attached hydrogens (tertiary/aromatic N) is 3. The van der Waals surface area contributed by atoms with Crippen LogP contribution in [0.15, 0.2) is 18.2 Å². The molecule has 24 heavy (non-hydrogen) atoms. The van der Waals surface area contributed by atoms with Crippen LogP contribution >= 0.6 is 0 Å². The van der Waals surface area contributed by atoms with E-state index in [0.29, 0.717) is 18.2 Å². The fourth-order valence-corrected chi connectivity index (χ4v) is 3.67. The fraction of sp³-hybridized carbons (Fsp3) is 0.529. The highest BCUT2D eigenvalue weighted by molar-refractivity contribution is 5.87. The van der Waals surface area contributed by atoms with E-state index in [-0.39, 0.29) is 23.2 Å². The Morgan fingerprint density at radius 2 is 2.00 bits per heavy atom.